The smallest absolute Gasteiger partial charge is 0.230 e. The molecule has 0 spiro atoms. The van der Waals surface area contributed by atoms with Gasteiger partial charge < -0.3 is 9.47 Å². The number of rotatable bonds is 4. The number of ether oxygens (including phenoxy) is 2. The third kappa shape index (κ3) is 3.84. The van der Waals surface area contributed by atoms with Crippen LogP contribution in [0.2, 0.25) is 0 Å². The fourth-order valence-electron chi connectivity index (χ4n) is 4.62. The SMILES string of the molecule is COc1ccc(/C=C2\CCCC3=C2N=C2SCCC(=O)N2C3c2ccc(OC)cc2)cc1. The van der Waals surface area contributed by atoms with Crippen LogP contribution in [0, 0.1) is 0 Å². The van der Waals surface area contributed by atoms with Crippen molar-refractivity contribution in [1.29, 1.82) is 0 Å². The van der Waals surface area contributed by atoms with E-state index in [0.717, 1.165) is 58.5 Å². The number of aliphatic imine (C=N–C) groups is 1. The summed E-state index contributed by atoms with van der Waals surface area (Å²) in [5.41, 5.74) is 5.76. The molecule has 0 radical (unpaired) electrons. The molecule has 1 aliphatic carbocycles. The van der Waals surface area contributed by atoms with E-state index in [4.69, 9.17) is 14.5 Å². The predicted molar refractivity (Wildman–Crippen MR) is 129 cm³/mol. The number of fused-ring (bicyclic) bond motifs is 1. The van der Waals surface area contributed by atoms with Gasteiger partial charge in [0.2, 0.25) is 5.91 Å². The van der Waals surface area contributed by atoms with Crippen LogP contribution >= 0.6 is 11.8 Å². The Balaban J connectivity index is 1.61. The second-order valence-electron chi connectivity index (χ2n) is 8.10. The maximum Gasteiger partial charge on any atom is 0.230 e. The van der Waals surface area contributed by atoms with E-state index < -0.39 is 0 Å². The Morgan fingerprint density at radius 3 is 2.34 bits per heavy atom. The van der Waals surface area contributed by atoms with Crippen molar-refractivity contribution in [2.75, 3.05) is 20.0 Å². The van der Waals surface area contributed by atoms with Gasteiger partial charge in [0.05, 0.1) is 26.0 Å². The minimum Gasteiger partial charge on any atom is -0.497 e. The third-order valence-corrected chi connectivity index (χ3v) is 7.16. The quantitative estimate of drug-likeness (QED) is 0.613. The summed E-state index contributed by atoms with van der Waals surface area (Å²) in [6.45, 7) is 0. The molecule has 32 heavy (non-hydrogen) atoms. The molecule has 6 heteroatoms. The number of allylic oxidation sites excluding steroid dienone is 1. The number of amides is 1. The number of carbonyl (C=O) groups is 1. The van der Waals surface area contributed by atoms with Gasteiger partial charge in [0.1, 0.15) is 11.5 Å². The van der Waals surface area contributed by atoms with Crippen molar-refractivity contribution in [3.63, 3.8) is 0 Å². The number of nitrogens with zero attached hydrogens (tertiary/aromatic N) is 2. The van der Waals surface area contributed by atoms with E-state index in [2.05, 4.69) is 30.3 Å². The van der Waals surface area contributed by atoms with Gasteiger partial charge in [-0.05, 0) is 71.9 Å². The highest BCUT2D eigenvalue weighted by atomic mass is 32.2. The highest BCUT2D eigenvalue weighted by Gasteiger charge is 2.40. The van der Waals surface area contributed by atoms with Gasteiger partial charge in [-0.3, -0.25) is 9.69 Å². The Labute approximate surface area is 192 Å². The first kappa shape index (κ1) is 20.9. The van der Waals surface area contributed by atoms with Gasteiger partial charge in [-0.15, -0.1) is 0 Å². The zero-order valence-electron chi connectivity index (χ0n) is 18.3. The van der Waals surface area contributed by atoms with Crippen molar-refractivity contribution in [1.82, 2.24) is 4.90 Å². The molecule has 5 nitrogen and oxygen atoms in total. The molecule has 2 heterocycles. The summed E-state index contributed by atoms with van der Waals surface area (Å²) < 4.78 is 10.6. The molecule has 164 valence electrons. The molecule has 5 rings (SSSR count). The number of hydrogen-bond acceptors (Lipinski definition) is 5. The van der Waals surface area contributed by atoms with Gasteiger partial charge in [-0.1, -0.05) is 36.0 Å². The van der Waals surface area contributed by atoms with Crippen LogP contribution in [0.5, 0.6) is 11.5 Å². The van der Waals surface area contributed by atoms with Crippen molar-refractivity contribution in [3.05, 3.63) is 76.5 Å². The van der Waals surface area contributed by atoms with Crippen LogP contribution in [-0.2, 0) is 4.79 Å². The summed E-state index contributed by atoms with van der Waals surface area (Å²) in [6, 6.07) is 16.1. The second kappa shape index (κ2) is 8.87. The number of thioether (sulfide) groups is 1. The van der Waals surface area contributed by atoms with E-state index in [1.54, 1.807) is 26.0 Å². The van der Waals surface area contributed by atoms with Crippen LogP contribution in [0.15, 0.2) is 70.4 Å². The number of amidine groups is 1. The molecule has 1 unspecified atom stereocenters. The van der Waals surface area contributed by atoms with Gasteiger partial charge in [0.25, 0.3) is 0 Å². The number of benzene rings is 2. The number of carbonyl (C=O) groups excluding carboxylic acids is 1. The predicted octanol–water partition coefficient (Wildman–Crippen LogP) is 5.60. The fourth-order valence-corrected chi connectivity index (χ4v) is 5.58. The maximum atomic E-state index is 13.0. The average Bonchev–Trinajstić information content (AvgIpc) is 2.84. The maximum absolute atomic E-state index is 13.0. The third-order valence-electron chi connectivity index (χ3n) is 6.21. The summed E-state index contributed by atoms with van der Waals surface area (Å²) in [6.07, 6.45) is 5.75. The standard InChI is InChI=1S/C26H26N2O3S/c1-30-20-10-6-17(7-11-20)16-19-4-3-5-22-24(19)27-26-28(23(29)14-15-32-26)25(22)18-8-12-21(31-2)13-9-18/h6-13,16,25H,3-5,14-15H2,1-2H3/b19-16+. The average molecular weight is 447 g/mol. The van der Waals surface area contributed by atoms with Crippen LogP contribution in [-0.4, -0.2) is 35.9 Å². The van der Waals surface area contributed by atoms with Gasteiger partial charge >= 0.3 is 0 Å². The summed E-state index contributed by atoms with van der Waals surface area (Å²) in [5.74, 6) is 2.60. The molecule has 1 amide bonds. The lowest BCUT2D eigenvalue weighted by Gasteiger charge is -2.42. The van der Waals surface area contributed by atoms with E-state index in [9.17, 15) is 4.79 Å². The number of hydrogen-bond donors (Lipinski definition) is 0. The van der Waals surface area contributed by atoms with Crippen LogP contribution in [0.4, 0.5) is 0 Å². The van der Waals surface area contributed by atoms with Crippen LogP contribution in [0.3, 0.4) is 0 Å². The molecule has 0 bridgehead atoms. The largest absolute Gasteiger partial charge is 0.497 e. The van der Waals surface area contributed by atoms with Gasteiger partial charge in [0, 0.05) is 12.2 Å². The van der Waals surface area contributed by atoms with Crippen LogP contribution in [0.25, 0.3) is 6.08 Å². The molecule has 2 aromatic rings. The molecule has 1 fully saturated rings. The fraction of sp³-hybridized carbons (Fsp3) is 0.308. The monoisotopic (exact) mass is 446 g/mol. The van der Waals surface area contributed by atoms with E-state index in [1.165, 1.54) is 11.1 Å². The molecule has 1 atom stereocenters. The lowest BCUT2D eigenvalue weighted by Crippen LogP contribution is -2.45. The van der Waals surface area contributed by atoms with Gasteiger partial charge in [-0.25, -0.2) is 4.99 Å². The van der Waals surface area contributed by atoms with Crippen molar-refractivity contribution >= 4 is 28.9 Å². The first-order chi connectivity index (χ1) is 15.7. The molecular formula is C26H26N2O3S. The Morgan fingerprint density at radius 1 is 0.969 bits per heavy atom. The summed E-state index contributed by atoms with van der Waals surface area (Å²) in [5, 5.41) is 0.823. The van der Waals surface area contributed by atoms with Crippen molar-refractivity contribution < 1.29 is 14.3 Å². The topological polar surface area (TPSA) is 51.1 Å². The van der Waals surface area contributed by atoms with Crippen LogP contribution < -0.4 is 9.47 Å². The van der Waals surface area contributed by atoms with Gasteiger partial charge in [-0.2, -0.15) is 0 Å². The molecule has 1 saturated heterocycles. The lowest BCUT2D eigenvalue weighted by atomic mass is 9.83. The van der Waals surface area contributed by atoms with E-state index in [0.29, 0.717) is 6.42 Å². The zero-order valence-corrected chi connectivity index (χ0v) is 19.2. The van der Waals surface area contributed by atoms with E-state index in [1.807, 2.05) is 29.2 Å². The molecule has 2 aromatic carbocycles. The van der Waals surface area contributed by atoms with E-state index in [-0.39, 0.29) is 11.9 Å². The Bertz CT molecular complexity index is 1120. The Hall–Kier alpha value is -2.99. The van der Waals surface area contributed by atoms with Crippen molar-refractivity contribution in [2.45, 2.75) is 31.7 Å². The summed E-state index contributed by atoms with van der Waals surface area (Å²) in [4.78, 5) is 20.0. The molecule has 2 aliphatic heterocycles. The normalized spacial score (nSPS) is 21.8. The Kier molecular flexibility index (Phi) is 5.79. The van der Waals surface area contributed by atoms with Crippen molar-refractivity contribution in [3.8, 4) is 11.5 Å². The first-order valence-electron chi connectivity index (χ1n) is 10.9. The molecular weight excluding hydrogens is 420 g/mol. The summed E-state index contributed by atoms with van der Waals surface area (Å²) >= 11 is 1.68. The zero-order chi connectivity index (χ0) is 22.1. The summed E-state index contributed by atoms with van der Waals surface area (Å²) in [7, 11) is 3.35. The Morgan fingerprint density at radius 2 is 1.66 bits per heavy atom. The van der Waals surface area contributed by atoms with Crippen LogP contribution in [0.1, 0.15) is 42.9 Å². The molecule has 0 aromatic heterocycles. The minimum absolute atomic E-state index is 0.108. The highest BCUT2D eigenvalue weighted by Crippen LogP contribution is 2.47. The molecule has 0 N–H and O–H groups in total. The second-order valence-corrected chi connectivity index (χ2v) is 9.16. The minimum atomic E-state index is -0.108. The van der Waals surface area contributed by atoms with Crippen molar-refractivity contribution in [2.24, 2.45) is 4.99 Å². The molecule has 0 saturated carbocycles. The lowest BCUT2D eigenvalue weighted by molar-refractivity contribution is -0.128. The highest BCUT2D eigenvalue weighted by molar-refractivity contribution is 8.14. The first-order valence-corrected chi connectivity index (χ1v) is 11.9. The molecule has 3 aliphatic rings. The number of methoxy groups -OCH3 is 2. The van der Waals surface area contributed by atoms with E-state index >= 15 is 0 Å². The van der Waals surface area contributed by atoms with Gasteiger partial charge in [0.15, 0.2) is 5.17 Å².